The number of carbonyl (C=O) groups excluding carboxylic acids is 2. The zero-order chi connectivity index (χ0) is 21.1. The van der Waals surface area contributed by atoms with Crippen LogP contribution in [-0.4, -0.2) is 37.9 Å². The number of nitrogens with one attached hydrogen (secondary N) is 1. The Hall–Kier alpha value is -3.92. The Labute approximate surface area is 174 Å². The van der Waals surface area contributed by atoms with Crippen LogP contribution in [0.25, 0.3) is 21.6 Å². The normalized spacial score (nSPS) is 10.7. The van der Waals surface area contributed by atoms with Crippen LogP contribution in [0, 0.1) is 0 Å². The van der Waals surface area contributed by atoms with Crippen molar-refractivity contribution in [2.24, 2.45) is 0 Å². The molecule has 3 aromatic heterocycles. The van der Waals surface area contributed by atoms with Gasteiger partial charge in [-0.25, -0.2) is 9.78 Å². The van der Waals surface area contributed by atoms with Crippen LogP contribution < -0.4 is 10.9 Å². The number of fused-ring (bicyclic) bond motifs is 1. The molecule has 0 spiro atoms. The van der Waals surface area contributed by atoms with Crippen LogP contribution in [0.1, 0.15) is 10.4 Å². The first-order chi connectivity index (χ1) is 14.6. The van der Waals surface area contributed by atoms with Crippen LogP contribution in [0.3, 0.4) is 0 Å². The molecule has 1 amide bonds. The van der Waals surface area contributed by atoms with Crippen molar-refractivity contribution in [1.82, 2.24) is 18.9 Å². The molecule has 1 aromatic carbocycles. The van der Waals surface area contributed by atoms with Gasteiger partial charge < -0.3 is 10.1 Å². The third kappa shape index (κ3) is 3.80. The minimum atomic E-state index is -0.464. The summed E-state index contributed by atoms with van der Waals surface area (Å²) < 4.78 is 10.5. The summed E-state index contributed by atoms with van der Waals surface area (Å²) in [6.45, 7) is -0.211. The number of aromatic nitrogens is 4. The van der Waals surface area contributed by atoms with Gasteiger partial charge in [-0.05, 0) is 47.9 Å². The highest BCUT2D eigenvalue weighted by Crippen LogP contribution is 2.25. The van der Waals surface area contributed by atoms with Gasteiger partial charge in [-0.1, -0.05) is 6.07 Å². The second-order valence-corrected chi connectivity index (χ2v) is 6.99. The molecule has 0 radical (unpaired) electrons. The Bertz CT molecular complexity index is 1280. The first-order valence-electron chi connectivity index (χ1n) is 8.81. The monoisotopic (exact) mass is 421 g/mol. The van der Waals surface area contributed by atoms with Crippen molar-refractivity contribution in [3.05, 3.63) is 70.9 Å². The molecule has 4 aromatic rings. The van der Waals surface area contributed by atoms with Gasteiger partial charge >= 0.3 is 5.97 Å². The van der Waals surface area contributed by atoms with E-state index in [-0.39, 0.29) is 12.1 Å². The average molecular weight is 421 g/mol. The molecule has 0 saturated heterocycles. The van der Waals surface area contributed by atoms with Gasteiger partial charge in [0, 0.05) is 11.9 Å². The number of rotatable bonds is 5. The van der Waals surface area contributed by atoms with Gasteiger partial charge in [0.05, 0.1) is 24.7 Å². The third-order valence-electron chi connectivity index (χ3n) is 4.26. The summed E-state index contributed by atoms with van der Waals surface area (Å²) in [4.78, 5) is 45.1. The number of pyridine rings is 1. The number of benzene rings is 1. The Morgan fingerprint density at radius 1 is 1.13 bits per heavy atom. The minimum Gasteiger partial charge on any atom is -0.465 e. The van der Waals surface area contributed by atoms with Crippen molar-refractivity contribution in [2.75, 3.05) is 12.4 Å². The molecule has 0 saturated carbocycles. The van der Waals surface area contributed by atoms with Crippen molar-refractivity contribution >= 4 is 39.3 Å². The molecule has 0 unspecified atom stereocenters. The summed E-state index contributed by atoms with van der Waals surface area (Å²) in [6.07, 6.45) is 2.97. The van der Waals surface area contributed by atoms with Gasteiger partial charge in [0.25, 0.3) is 5.56 Å². The number of methoxy groups -OCH3 is 1. The number of esters is 1. The largest absolute Gasteiger partial charge is 0.465 e. The van der Waals surface area contributed by atoms with Gasteiger partial charge in [-0.15, -0.1) is 0 Å². The molecule has 150 valence electrons. The Balaban J connectivity index is 1.53. The van der Waals surface area contributed by atoms with E-state index in [0.717, 1.165) is 11.5 Å². The Morgan fingerprint density at radius 2 is 1.93 bits per heavy atom. The van der Waals surface area contributed by atoms with Crippen LogP contribution in [0.5, 0.6) is 0 Å². The lowest BCUT2D eigenvalue weighted by molar-refractivity contribution is -0.116. The van der Waals surface area contributed by atoms with E-state index in [1.807, 2.05) is 6.07 Å². The molecule has 10 heteroatoms. The summed E-state index contributed by atoms with van der Waals surface area (Å²) in [5, 5.41) is 2.68. The molecular formula is C20H15N5O4S. The smallest absolute Gasteiger partial charge is 0.337 e. The summed E-state index contributed by atoms with van der Waals surface area (Å²) in [7, 11) is 1.29. The lowest BCUT2D eigenvalue weighted by atomic mass is 10.2. The Kier molecular flexibility index (Phi) is 5.31. The van der Waals surface area contributed by atoms with E-state index >= 15 is 0 Å². The molecule has 30 heavy (non-hydrogen) atoms. The van der Waals surface area contributed by atoms with Gasteiger partial charge in [0.2, 0.25) is 5.91 Å². The first-order valence-corrected chi connectivity index (χ1v) is 9.58. The fourth-order valence-corrected chi connectivity index (χ4v) is 3.60. The van der Waals surface area contributed by atoms with E-state index in [2.05, 4.69) is 24.4 Å². The number of ether oxygens (including phenoxy) is 1. The quantitative estimate of drug-likeness (QED) is 0.492. The molecule has 4 rings (SSSR count). The molecule has 3 heterocycles. The molecule has 9 nitrogen and oxygen atoms in total. The molecule has 0 bridgehead atoms. The van der Waals surface area contributed by atoms with Crippen molar-refractivity contribution in [3.8, 4) is 11.4 Å². The standard InChI is InChI=1S/C20H15N5O4S/c1-29-20(28)12-5-7-13(8-6-12)23-15(26)10-25-11-22-17-16(14-4-2-3-9-21-14)24-30-18(17)19(25)27/h2-9,11H,10H2,1H3,(H,23,26). The first kappa shape index (κ1) is 19.4. The van der Waals surface area contributed by atoms with Crippen LogP contribution in [-0.2, 0) is 16.1 Å². The van der Waals surface area contributed by atoms with Crippen molar-refractivity contribution in [1.29, 1.82) is 0 Å². The van der Waals surface area contributed by atoms with Crippen LogP contribution >= 0.6 is 11.5 Å². The lowest BCUT2D eigenvalue weighted by Crippen LogP contribution is -2.27. The van der Waals surface area contributed by atoms with Gasteiger partial charge in [-0.2, -0.15) is 4.37 Å². The number of nitrogens with zero attached hydrogens (tertiary/aromatic N) is 4. The van der Waals surface area contributed by atoms with Crippen molar-refractivity contribution in [2.45, 2.75) is 6.54 Å². The molecule has 0 fully saturated rings. The molecular weight excluding hydrogens is 406 g/mol. The highest BCUT2D eigenvalue weighted by Gasteiger charge is 2.16. The van der Waals surface area contributed by atoms with Gasteiger partial charge in [0.15, 0.2) is 0 Å². The van der Waals surface area contributed by atoms with E-state index in [1.165, 1.54) is 30.1 Å². The van der Waals surface area contributed by atoms with Gasteiger partial charge in [-0.3, -0.25) is 19.1 Å². The fourth-order valence-electron chi connectivity index (χ4n) is 2.80. The predicted octanol–water partition coefficient (Wildman–Crippen LogP) is 2.34. The molecule has 1 N–H and O–H groups in total. The molecule has 0 aliphatic rings. The molecule has 0 aliphatic carbocycles. The Morgan fingerprint density at radius 3 is 2.63 bits per heavy atom. The fraction of sp³-hybridized carbons (Fsp3) is 0.100. The highest BCUT2D eigenvalue weighted by molar-refractivity contribution is 7.13. The number of hydrogen-bond acceptors (Lipinski definition) is 8. The number of amides is 1. The topological polar surface area (TPSA) is 116 Å². The minimum absolute atomic E-state index is 0.211. The average Bonchev–Trinajstić information content (AvgIpc) is 3.21. The van der Waals surface area contributed by atoms with Crippen LogP contribution in [0.15, 0.2) is 59.8 Å². The van der Waals surface area contributed by atoms with E-state index in [1.54, 1.807) is 30.5 Å². The maximum Gasteiger partial charge on any atom is 0.337 e. The zero-order valence-electron chi connectivity index (χ0n) is 15.7. The number of hydrogen-bond donors (Lipinski definition) is 1. The van der Waals surface area contributed by atoms with Crippen LogP contribution in [0.2, 0.25) is 0 Å². The van der Waals surface area contributed by atoms with Crippen molar-refractivity contribution in [3.63, 3.8) is 0 Å². The summed E-state index contributed by atoms with van der Waals surface area (Å²) in [6, 6.07) is 11.7. The van der Waals surface area contributed by atoms with Crippen LogP contribution in [0.4, 0.5) is 5.69 Å². The third-order valence-corrected chi connectivity index (χ3v) is 5.08. The molecule has 0 atom stereocenters. The summed E-state index contributed by atoms with van der Waals surface area (Å²) in [5.74, 6) is -0.869. The zero-order valence-corrected chi connectivity index (χ0v) is 16.5. The van der Waals surface area contributed by atoms with E-state index in [9.17, 15) is 14.4 Å². The second kappa shape index (κ2) is 8.21. The van der Waals surface area contributed by atoms with E-state index in [0.29, 0.717) is 32.9 Å². The second-order valence-electron chi connectivity index (χ2n) is 6.22. The predicted molar refractivity (Wildman–Crippen MR) is 111 cm³/mol. The maximum absolute atomic E-state index is 12.8. The maximum atomic E-state index is 12.8. The SMILES string of the molecule is COC(=O)c1ccc(NC(=O)Cn2cnc3c(-c4ccccn4)nsc3c2=O)cc1. The highest BCUT2D eigenvalue weighted by atomic mass is 32.1. The molecule has 0 aliphatic heterocycles. The summed E-state index contributed by atoms with van der Waals surface area (Å²) in [5.41, 5.74) is 2.13. The summed E-state index contributed by atoms with van der Waals surface area (Å²) >= 11 is 1.03. The van der Waals surface area contributed by atoms with Crippen molar-refractivity contribution < 1.29 is 14.3 Å². The number of anilines is 1. The van der Waals surface area contributed by atoms with Gasteiger partial charge in [0.1, 0.15) is 22.5 Å². The van der Waals surface area contributed by atoms with E-state index in [4.69, 9.17) is 0 Å². The number of carbonyl (C=O) groups is 2. The lowest BCUT2D eigenvalue weighted by Gasteiger charge is -2.08. The van der Waals surface area contributed by atoms with E-state index < -0.39 is 11.9 Å².